The van der Waals surface area contributed by atoms with Crippen LogP contribution in [0.2, 0.25) is 0 Å². The molecule has 2 N–H and O–H groups in total. The van der Waals surface area contributed by atoms with Crippen molar-refractivity contribution < 1.29 is 32.7 Å². The molecule has 2 fully saturated rings. The number of rotatable bonds is 6. The van der Waals surface area contributed by atoms with Crippen molar-refractivity contribution in [3.05, 3.63) is 95.1 Å². The molecular formula is C28H29FN4O4+2. The molecule has 6 rings (SSSR count). The largest absolute Gasteiger partial charge is 0.395 e. The van der Waals surface area contributed by atoms with Crippen molar-refractivity contribution in [3.63, 3.8) is 0 Å². The average molecular weight is 505 g/mol. The molecule has 3 unspecified atom stereocenters. The summed E-state index contributed by atoms with van der Waals surface area (Å²) in [4.78, 5) is 48.0. The van der Waals surface area contributed by atoms with Gasteiger partial charge in [-0.3, -0.25) is 14.9 Å². The van der Waals surface area contributed by atoms with Crippen molar-refractivity contribution in [2.75, 3.05) is 26.2 Å². The number of hydroxylamine groups is 3. The summed E-state index contributed by atoms with van der Waals surface area (Å²) in [6.45, 7) is 2.65. The Labute approximate surface area is 214 Å². The molecule has 0 radical (unpaired) electrons. The van der Waals surface area contributed by atoms with Crippen molar-refractivity contribution in [2.24, 2.45) is 0 Å². The van der Waals surface area contributed by atoms with Gasteiger partial charge in [-0.25, -0.2) is 13.7 Å². The molecule has 0 saturated carbocycles. The number of carbonyl (C=O) groups excluding carboxylic acids is 3. The average Bonchev–Trinajstić information content (AvgIpc) is 3.34. The first kappa shape index (κ1) is 23.9. The van der Waals surface area contributed by atoms with Gasteiger partial charge in [0.1, 0.15) is 25.5 Å². The predicted octanol–water partition coefficient (Wildman–Crippen LogP) is 2.19. The van der Waals surface area contributed by atoms with Crippen LogP contribution in [0.25, 0.3) is 0 Å². The van der Waals surface area contributed by atoms with E-state index in [1.165, 1.54) is 12.1 Å². The minimum atomic E-state index is -1.22. The van der Waals surface area contributed by atoms with Crippen molar-refractivity contribution >= 4 is 17.6 Å². The summed E-state index contributed by atoms with van der Waals surface area (Å²) in [7, 11) is 0. The first-order chi connectivity index (χ1) is 17.9. The fourth-order valence-corrected chi connectivity index (χ4v) is 6.42. The number of piperidine rings is 1. The summed E-state index contributed by atoms with van der Waals surface area (Å²) in [5, 5.41) is 6.12. The van der Waals surface area contributed by atoms with Crippen molar-refractivity contribution in [3.8, 4) is 0 Å². The maximum atomic E-state index is 14.3. The first-order valence-corrected chi connectivity index (χ1v) is 12.6. The number of hydrogen-bond acceptors (Lipinski definition) is 5. The van der Waals surface area contributed by atoms with Gasteiger partial charge in [0, 0.05) is 32.0 Å². The lowest BCUT2D eigenvalue weighted by Gasteiger charge is -2.53. The number of benzene rings is 2. The van der Waals surface area contributed by atoms with Gasteiger partial charge in [0.2, 0.25) is 5.70 Å². The number of carbonyl (C=O) groups is 3. The number of nitrogens with one attached hydrogen (secondary N) is 2. The van der Waals surface area contributed by atoms with Crippen LogP contribution in [-0.2, 0) is 32.4 Å². The second-order valence-corrected chi connectivity index (χ2v) is 10.1. The Morgan fingerprint density at radius 3 is 2.62 bits per heavy atom. The Morgan fingerprint density at radius 2 is 1.84 bits per heavy atom. The van der Waals surface area contributed by atoms with Gasteiger partial charge in [-0.05, 0) is 27.9 Å². The molecule has 2 saturated heterocycles. The fraction of sp³-hybridized carbons (Fsp3) is 0.321. The van der Waals surface area contributed by atoms with Gasteiger partial charge < -0.3 is 5.32 Å². The van der Waals surface area contributed by atoms with Crippen molar-refractivity contribution in [2.45, 2.75) is 31.7 Å². The molecule has 2 aromatic carbocycles. The van der Waals surface area contributed by atoms with E-state index in [1.54, 1.807) is 18.2 Å². The van der Waals surface area contributed by atoms with Crippen LogP contribution in [0.4, 0.5) is 4.39 Å². The van der Waals surface area contributed by atoms with E-state index in [4.69, 9.17) is 4.84 Å². The number of amides is 2. The zero-order chi connectivity index (χ0) is 25.7. The molecule has 37 heavy (non-hydrogen) atoms. The van der Waals surface area contributed by atoms with Gasteiger partial charge in [-0.2, -0.15) is 4.84 Å². The van der Waals surface area contributed by atoms with E-state index in [2.05, 4.69) is 10.6 Å². The molecule has 8 nitrogen and oxygen atoms in total. The lowest BCUT2D eigenvalue weighted by atomic mass is 9.87. The Balaban J connectivity index is 1.38. The summed E-state index contributed by atoms with van der Waals surface area (Å²) >= 11 is 0. The topological polar surface area (TPSA) is 84.5 Å². The van der Waals surface area contributed by atoms with Gasteiger partial charge in [0.15, 0.2) is 11.8 Å². The van der Waals surface area contributed by atoms with Crippen LogP contribution in [-0.4, -0.2) is 58.6 Å². The van der Waals surface area contributed by atoms with E-state index in [0.29, 0.717) is 28.7 Å². The zero-order valence-electron chi connectivity index (χ0n) is 20.4. The molecule has 3 atom stereocenters. The molecule has 4 aliphatic heterocycles. The number of quaternary nitrogens is 2. The SMILES string of the molecule is O=C(NCc1ccc(F)cc1)C1=CC2=C[N+]34CCCC(=O)C3(CNCC4)[N+]2(OCc2ccccc2)C1=O. The van der Waals surface area contributed by atoms with E-state index in [-0.39, 0.29) is 36.9 Å². The summed E-state index contributed by atoms with van der Waals surface area (Å²) in [6, 6.07) is 15.3. The normalized spacial score (nSPS) is 30.2. The van der Waals surface area contributed by atoms with Crippen LogP contribution < -0.4 is 10.6 Å². The van der Waals surface area contributed by atoms with Crippen molar-refractivity contribution in [1.29, 1.82) is 0 Å². The number of Topliss-reactive ketones (excluding diaryl/α,β-unsaturated/α-hetero) is 1. The smallest absolute Gasteiger partial charge is 0.348 e. The molecule has 0 aromatic heterocycles. The van der Waals surface area contributed by atoms with Crippen LogP contribution in [0.1, 0.15) is 24.0 Å². The third-order valence-electron chi connectivity index (χ3n) is 8.15. The number of ketones is 1. The number of piperazine rings is 1. The Bertz CT molecular complexity index is 1340. The number of fused-ring (bicyclic) bond motifs is 1. The molecule has 4 heterocycles. The maximum absolute atomic E-state index is 14.3. The highest BCUT2D eigenvalue weighted by Crippen LogP contribution is 2.55. The zero-order valence-corrected chi connectivity index (χ0v) is 20.4. The fourth-order valence-electron chi connectivity index (χ4n) is 6.42. The minimum absolute atomic E-state index is 0.0278. The lowest BCUT2D eigenvalue weighted by molar-refractivity contribution is -1.15. The van der Waals surface area contributed by atoms with E-state index < -0.39 is 22.1 Å². The lowest BCUT2D eigenvalue weighted by Crippen LogP contribution is -2.84. The number of hydrogen-bond donors (Lipinski definition) is 2. The summed E-state index contributed by atoms with van der Waals surface area (Å²) in [5.41, 5.74) is 0.847. The third-order valence-corrected chi connectivity index (χ3v) is 8.15. The monoisotopic (exact) mass is 504 g/mol. The number of allylic oxidation sites excluding steroid dienone is 1. The summed E-state index contributed by atoms with van der Waals surface area (Å²) in [5.74, 6) is -1.47. The summed E-state index contributed by atoms with van der Waals surface area (Å²) in [6.07, 6.45) is 4.68. The Kier molecular flexibility index (Phi) is 5.68. The number of halogens is 1. The molecule has 2 aromatic rings. The van der Waals surface area contributed by atoms with Crippen LogP contribution in [0.15, 0.2) is 78.1 Å². The minimum Gasteiger partial charge on any atom is -0.348 e. The molecular weight excluding hydrogens is 475 g/mol. The van der Waals surface area contributed by atoms with Crippen molar-refractivity contribution in [1.82, 2.24) is 10.6 Å². The molecule has 190 valence electrons. The first-order valence-electron chi connectivity index (χ1n) is 12.6. The van der Waals surface area contributed by atoms with E-state index in [1.807, 2.05) is 36.5 Å². The molecule has 4 aliphatic rings. The van der Waals surface area contributed by atoms with E-state index >= 15 is 0 Å². The molecule has 0 bridgehead atoms. The third kappa shape index (κ3) is 3.39. The second-order valence-electron chi connectivity index (χ2n) is 10.1. The van der Waals surface area contributed by atoms with Crippen LogP contribution in [0.3, 0.4) is 0 Å². The second kappa shape index (κ2) is 8.81. The van der Waals surface area contributed by atoms with E-state index in [9.17, 15) is 18.8 Å². The van der Waals surface area contributed by atoms with E-state index in [0.717, 1.165) is 25.1 Å². The van der Waals surface area contributed by atoms with Crippen LogP contribution in [0, 0.1) is 5.82 Å². The van der Waals surface area contributed by atoms with Gasteiger partial charge in [0.05, 0.1) is 6.54 Å². The highest BCUT2D eigenvalue weighted by atomic mass is 19.1. The molecule has 0 aliphatic carbocycles. The molecule has 9 heteroatoms. The molecule has 2 amide bonds. The molecule has 0 spiro atoms. The van der Waals surface area contributed by atoms with Gasteiger partial charge >= 0.3 is 11.6 Å². The Morgan fingerprint density at radius 1 is 1.05 bits per heavy atom. The highest BCUT2D eigenvalue weighted by Gasteiger charge is 2.83. The van der Waals surface area contributed by atoms with Gasteiger partial charge in [0.25, 0.3) is 11.7 Å². The van der Waals surface area contributed by atoms with Crippen LogP contribution >= 0.6 is 0 Å². The van der Waals surface area contributed by atoms with Crippen LogP contribution in [0.5, 0.6) is 0 Å². The predicted molar refractivity (Wildman–Crippen MR) is 131 cm³/mol. The Hall–Kier alpha value is -3.50. The number of nitrogens with zero attached hydrogens (tertiary/aromatic N) is 2. The van der Waals surface area contributed by atoms with Gasteiger partial charge in [-0.1, -0.05) is 42.5 Å². The quantitative estimate of drug-likeness (QED) is 0.466. The summed E-state index contributed by atoms with van der Waals surface area (Å²) < 4.78 is 13.0. The maximum Gasteiger partial charge on any atom is 0.395 e. The van der Waals surface area contributed by atoms with Gasteiger partial charge in [-0.15, -0.1) is 0 Å². The highest BCUT2D eigenvalue weighted by molar-refractivity contribution is 6.18. The standard InChI is InChI=1S/C28H28FN4O4/c29-22-10-8-20(9-11-22)16-31-26(35)24-15-23-17-32-13-4-7-25(34)28(32,19-30-12-14-32)33(23,27(24)36)37-18-21-5-2-1-3-6-21/h1-3,5-6,8-11,15,17,30H,4,7,12-14,16,18-19H2/q+1/p+1.